The molecule has 0 aromatic carbocycles. The zero-order valence-electron chi connectivity index (χ0n) is 38.0. The summed E-state index contributed by atoms with van der Waals surface area (Å²) in [7, 11) is 0. The fourth-order valence-corrected chi connectivity index (χ4v) is 8.54. The van der Waals surface area contributed by atoms with E-state index in [0.717, 1.165) is 70.6 Å². The Balaban J connectivity index is 4.78. The van der Waals surface area contributed by atoms with Crippen molar-refractivity contribution >= 4 is 11.9 Å². The van der Waals surface area contributed by atoms with Gasteiger partial charge in [-0.15, -0.1) is 0 Å². The third kappa shape index (κ3) is 38.0. The van der Waals surface area contributed by atoms with E-state index in [4.69, 9.17) is 0 Å². The lowest BCUT2D eigenvalue weighted by atomic mass is 9.77. The summed E-state index contributed by atoms with van der Waals surface area (Å²) >= 11 is 0. The number of carboxylic acid groups (broad SMARTS) is 2. The van der Waals surface area contributed by atoms with Crippen LogP contribution in [0.25, 0.3) is 0 Å². The van der Waals surface area contributed by atoms with E-state index in [2.05, 4.69) is 45.1 Å². The number of allylic oxidation sites excluding steroid dienone is 4. The molecule has 0 aromatic heterocycles. The number of rotatable bonds is 46. The molecule has 0 radical (unpaired) electrons. The average molecular weight is 787 g/mol. The zero-order valence-corrected chi connectivity index (χ0v) is 38.0. The molecule has 0 saturated carbocycles. The van der Waals surface area contributed by atoms with Gasteiger partial charge in [-0.2, -0.15) is 0 Å². The molecular weight excluding hydrogens is 689 g/mol. The monoisotopic (exact) mass is 787 g/mol. The van der Waals surface area contributed by atoms with Gasteiger partial charge >= 0.3 is 11.9 Å². The van der Waals surface area contributed by atoms with Crippen LogP contribution in [0.15, 0.2) is 24.3 Å². The van der Waals surface area contributed by atoms with Gasteiger partial charge in [0.2, 0.25) is 0 Å². The molecule has 56 heavy (non-hydrogen) atoms. The Morgan fingerprint density at radius 1 is 0.357 bits per heavy atom. The number of aliphatic carboxylic acids is 2. The molecule has 4 heteroatoms. The average Bonchev–Trinajstić information content (AvgIpc) is 3.18. The summed E-state index contributed by atoms with van der Waals surface area (Å²) in [6, 6.07) is 0. The minimum absolute atomic E-state index is 0.0431. The molecule has 0 spiro atoms. The SMILES string of the molecule is CCCCCCCCC=CCCCCCCC(CC(CCCCCCCCCCCCCC)C(CCCCCCC=CCCCCCCCC)C(=O)O)C(=O)O. The summed E-state index contributed by atoms with van der Waals surface area (Å²) in [5.41, 5.74) is 0. The molecule has 330 valence electrons. The molecular formula is C52H98O4. The van der Waals surface area contributed by atoms with Crippen molar-refractivity contribution in [3.8, 4) is 0 Å². The van der Waals surface area contributed by atoms with Crippen molar-refractivity contribution in [1.29, 1.82) is 0 Å². The fraction of sp³-hybridized carbons (Fsp3) is 0.885. The normalized spacial score (nSPS) is 13.6. The molecule has 3 atom stereocenters. The van der Waals surface area contributed by atoms with Gasteiger partial charge in [0.1, 0.15) is 0 Å². The first-order valence-electron chi connectivity index (χ1n) is 25.2. The second kappa shape index (κ2) is 44.5. The molecule has 0 bridgehead atoms. The van der Waals surface area contributed by atoms with E-state index < -0.39 is 23.8 Å². The Kier molecular flexibility index (Phi) is 43.3. The zero-order chi connectivity index (χ0) is 41.0. The highest BCUT2D eigenvalue weighted by molar-refractivity contribution is 5.71. The Morgan fingerprint density at radius 3 is 0.964 bits per heavy atom. The summed E-state index contributed by atoms with van der Waals surface area (Å²) < 4.78 is 0. The van der Waals surface area contributed by atoms with Crippen molar-refractivity contribution < 1.29 is 19.8 Å². The highest BCUT2D eigenvalue weighted by Gasteiger charge is 2.31. The molecule has 0 fully saturated rings. The van der Waals surface area contributed by atoms with Crippen LogP contribution in [0.1, 0.15) is 278 Å². The molecule has 2 N–H and O–H groups in total. The second-order valence-corrected chi connectivity index (χ2v) is 17.7. The van der Waals surface area contributed by atoms with E-state index in [0.29, 0.717) is 19.3 Å². The molecule has 0 heterocycles. The van der Waals surface area contributed by atoms with Crippen LogP contribution in [-0.4, -0.2) is 22.2 Å². The predicted molar refractivity (Wildman–Crippen MR) is 246 cm³/mol. The maximum atomic E-state index is 12.7. The van der Waals surface area contributed by atoms with Gasteiger partial charge in [0, 0.05) is 0 Å². The van der Waals surface area contributed by atoms with Gasteiger partial charge in [0.05, 0.1) is 11.8 Å². The molecule has 4 nitrogen and oxygen atoms in total. The van der Waals surface area contributed by atoms with Crippen LogP contribution in [0.4, 0.5) is 0 Å². The Hall–Kier alpha value is -1.58. The summed E-state index contributed by atoms with van der Waals surface area (Å²) in [6.45, 7) is 6.80. The fourth-order valence-electron chi connectivity index (χ4n) is 8.54. The lowest BCUT2D eigenvalue weighted by molar-refractivity contribution is -0.147. The third-order valence-corrected chi connectivity index (χ3v) is 12.3. The number of carbonyl (C=O) groups is 2. The van der Waals surface area contributed by atoms with Crippen LogP contribution in [0.5, 0.6) is 0 Å². The van der Waals surface area contributed by atoms with Crippen molar-refractivity contribution in [2.75, 3.05) is 0 Å². The van der Waals surface area contributed by atoms with Crippen molar-refractivity contribution in [2.45, 2.75) is 278 Å². The Labute approximate surface area is 350 Å². The summed E-state index contributed by atoms with van der Waals surface area (Å²) in [6.07, 6.45) is 56.9. The van der Waals surface area contributed by atoms with Gasteiger partial charge in [-0.05, 0) is 83.0 Å². The Bertz CT molecular complexity index is 878. The largest absolute Gasteiger partial charge is 0.481 e. The van der Waals surface area contributed by atoms with Gasteiger partial charge in [0.25, 0.3) is 0 Å². The smallest absolute Gasteiger partial charge is 0.306 e. The molecule has 0 aliphatic carbocycles. The van der Waals surface area contributed by atoms with Crippen LogP contribution in [0, 0.1) is 17.8 Å². The van der Waals surface area contributed by atoms with E-state index in [9.17, 15) is 19.8 Å². The highest BCUT2D eigenvalue weighted by Crippen LogP contribution is 2.33. The van der Waals surface area contributed by atoms with Gasteiger partial charge in [-0.25, -0.2) is 0 Å². The van der Waals surface area contributed by atoms with Gasteiger partial charge < -0.3 is 10.2 Å². The van der Waals surface area contributed by atoms with Crippen molar-refractivity contribution in [2.24, 2.45) is 17.8 Å². The quantitative estimate of drug-likeness (QED) is 0.0476. The molecule has 0 aliphatic heterocycles. The number of hydrogen-bond donors (Lipinski definition) is 2. The van der Waals surface area contributed by atoms with Crippen LogP contribution in [0.3, 0.4) is 0 Å². The third-order valence-electron chi connectivity index (χ3n) is 12.3. The molecule has 0 amide bonds. The first-order valence-corrected chi connectivity index (χ1v) is 25.2. The molecule has 0 rings (SSSR count). The van der Waals surface area contributed by atoms with Crippen molar-refractivity contribution in [3.63, 3.8) is 0 Å². The van der Waals surface area contributed by atoms with Crippen LogP contribution >= 0.6 is 0 Å². The van der Waals surface area contributed by atoms with Crippen LogP contribution in [0.2, 0.25) is 0 Å². The maximum absolute atomic E-state index is 12.7. The highest BCUT2D eigenvalue weighted by atomic mass is 16.4. The predicted octanol–water partition coefficient (Wildman–Crippen LogP) is 17.8. The summed E-state index contributed by atoms with van der Waals surface area (Å²) in [4.78, 5) is 25.2. The van der Waals surface area contributed by atoms with Gasteiger partial charge in [-0.3, -0.25) is 9.59 Å². The lowest BCUT2D eigenvalue weighted by Gasteiger charge is -2.27. The minimum Gasteiger partial charge on any atom is -0.481 e. The first-order chi connectivity index (χ1) is 27.5. The van der Waals surface area contributed by atoms with Crippen molar-refractivity contribution in [1.82, 2.24) is 0 Å². The maximum Gasteiger partial charge on any atom is 0.306 e. The standard InChI is InChI=1S/C52H98O4/c1-4-7-10-13-16-19-22-25-27-30-33-36-39-42-45-49(51(53)54)47-48(44-41-38-35-32-29-24-21-18-15-12-9-6-3)50(52(55)56)46-43-40-37-34-31-28-26-23-20-17-14-11-8-5-2/h25-28,48-50H,4-24,29-47H2,1-3H3,(H,53,54)(H,55,56). The molecule has 0 aromatic rings. The number of hydrogen-bond acceptors (Lipinski definition) is 2. The van der Waals surface area contributed by atoms with E-state index in [1.807, 2.05) is 0 Å². The summed E-state index contributed by atoms with van der Waals surface area (Å²) in [5.74, 6) is -2.33. The second-order valence-electron chi connectivity index (χ2n) is 17.7. The topological polar surface area (TPSA) is 74.6 Å². The summed E-state index contributed by atoms with van der Waals surface area (Å²) in [5, 5.41) is 20.7. The van der Waals surface area contributed by atoms with Crippen LogP contribution in [-0.2, 0) is 9.59 Å². The molecule has 3 unspecified atom stereocenters. The molecule has 0 saturated heterocycles. The van der Waals surface area contributed by atoms with E-state index in [1.54, 1.807) is 0 Å². The lowest BCUT2D eigenvalue weighted by Crippen LogP contribution is -2.28. The van der Waals surface area contributed by atoms with E-state index in [1.165, 1.54) is 167 Å². The number of unbranched alkanes of at least 4 members (excludes halogenated alkanes) is 31. The number of carboxylic acids is 2. The van der Waals surface area contributed by atoms with Gasteiger partial charge in [-0.1, -0.05) is 225 Å². The minimum atomic E-state index is -0.726. The van der Waals surface area contributed by atoms with Gasteiger partial charge in [0.15, 0.2) is 0 Å². The van der Waals surface area contributed by atoms with E-state index in [-0.39, 0.29) is 5.92 Å². The first kappa shape index (κ1) is 54.4. The molecule has 0 aliphatic rings. The van der Waals surface area contributed by atoms with Crippen molar-refractivity contribution in [3.05, 3.63) is 24.3 Å². The van der Waals surface area contributed by atoms with Crippen LogP contribution < -0.4 is 0 Å². The Morgan fingerprint density at radius 2 is 0.643 bits per heavy atom. The van der Waals surface area contributed by atoms with E-state index >= 15 is 0 Å².